The Morgan fingerprint density at radius 1 is 1.16 bits per heavy atom. The maximum Gasteiger partial charge on any atom is 0.106 e. The molecule has 1 rings (SSSR count). The smallest absolute Gasteiger partial charge is 0.106 e. The minimum Gasteiger partial charge on any atom is -0.346 e. The fraction of sp³-hybridized carbons (Fsp3) is 0.750. The SMILES string of the molecule is CCCCCCCCCc1nc(C(C)C#N)c(C)[nH]1. The quantitative estimate of drug-likeness (QED) is 0.658. The molecule has 19 heavy (non-hydrogen) atoms. The fourth-order valence-electron chi connectivity index (χ4n) is 2.39. The summed E-state index contributed by atoms with van der Waals surface area (Å²) in [5.41, 5.74) is 1.97. The lowest BCUT2D eigenvalue weighted by atomic mass is 10.1. The number of aromatic nitrogens is 2. The molecule has 0 saturated heterocycles. The van der Waals surface area contributed by atoms with Crippen LogP contribution in [0.1, 0.15) is 81.9 Å². The molecule has 1 unspecified atom stereocenters. The molecule has 0 radical (unpaired) electrons. The Bertz CT molecular complexity index is 401. The van der Waals surface area contributed by atoms with E-state index in [1.54, 1.807) is 0 Å². The number of aryl methyl sites for hydroxylation is 2. The van der Waals surface area contributed by atoms with Crippen LogP contribution in [0, 0.1) is 18.3 Å². The van der Waals surface area contributed by atoms with E-state index in [9.17, 15) is 0 Å². The second kappa shape index (κ2) is 8.74. The molecule has 1 heterocycles. The molecule has 1 atom stereocenters. The molecule has 0 saturated carbocycles. The number of nitrogens with zero attached hydrogens (tertiary/aromatic N) is 2. The average molecular weight is 261 g/mol. The topological polar surface area (TPSA) is 52.5 Å². The average Bonchev–Trinajstić information content (AvgIpc) is 2.78. The molecule has 0 aromatic carbocycles. The Morgan fingerprint density at radius 3 is 2.42 bits per heavy atom. The summed E-state index contributed by atoms with van der Waals surface area (Å²) in [6.07, 6.45) is 10.2. The van der Waals surface area contributed by atoms with E-state index < -0.39 is 0 Å². The monoisotopic (exact) mass is 261 g/mol. The molecule has 0 aliphatic rings. The van der Waals surface area contributed by atoms with Crippen molar-refractivity contribution in [2.45, 2.75) is 78.1 Å². The van der Waals surface area contributed by atoms with Crippen LogP contribution in [0.3, 0.4) is 0 Å². The predicted octanol–water partition coefficient (Wildman–Crippen LogP) is 4.64. The van der Waals surface area contributed by atoms with Crippen molar-refractivity contribution in [2.24, 2.45) is 0 Å². The summed E-state index contributed by atoms with van der Waals surface area (Å²) in [4.78, 5) is 7.86. The highest BCUT2D eigenvalue weighted by Crippen LogP contribution is 2.17. The second-order valence-electron chi connectivity index (χ2n) is 5.42. The van der Waals surface area contributed by atoms with Crippen LogP contribution in [0.5, 0.6) is 0 Å². The summed E-state index contributed by atoms with van der Waals surface area (Å²) in [6.45, 7) is 6.16. The number of aromatic amines is 1. The number of hydrogen-bond donors (Lipinski definition) is 1. The molecule has 1 aromatic heterocycles. The van der Waals surface area contributed by atoms with Gasteiger partial charge in [-0.15, -0.1) is 0 Å². The van der Waals surface area contributed by atoms with Gasteiger partial charge in [-0.25, -0.2) is 4.98 Å². The van der Waals surface area contributed by atoms with Gasteiger partial charge in [-0.3, -0.25) is 0 Å². The van der Waals surface area contributed by atoms with Gasteiger partial charge in [-0.05, 0) is 20.3 Å². The van der Waals surface area contributed by atoms with Crippen LogP contribution in [-0.2, 0) is 6.42 Å². The summed E-state index contributed by atoms with van der Waals surface area (Å²) in [5.74, 6) is 0.933. The van der Waals surface area contributed by atoms with Crippen molar-refractivity contribution in [3.8, 4) is 6.07 Å². The summed E-state index contributed by atoms with van der Waals surface area (Å²) < 4.78 is 0. The van der Waals surface area contributed by atoms with E-state index >= 15 is 0 Å². The first kappa shape index (κ1) is 15.8. The molecular weight excluding hydrogens is 234 g/mol. The molecule has 0 aliphatic heterocycles. The summed E-state index contributed by atoms with van der Waals surface area (Å²) in [6, 6.07) is 2.25. The zero-order valence-electron chi connectivity index (χ0n) is 12.6. The summed E-state index contributed by atoms with van der Waals surface area (Å²) in [7, 11) is 0. The van der Waals surface area contributed by atoms with Crippen molar-refractivity contribution in [3.05, 3.63) is 17.2 Å². The molecule has 0 aliphatic carbocycles. The van der Waals surface area contributed by atoms with Gasteiger partial charge in [0.05, 0.1) is 17.7 Å². The standard InChI is InChI=1S/C16H27N3/c1-4-5-6-7-8-9-10-11-15-18-14(3)16(19-15)13(2)12-17/h13H,4-11H2,1-3H3,(H,18,19). The number of rotatable bonds is 9. The first-order valence-corrected chi connectivity index (χ1v) is 7.64. The molecule has 3 heteroatoms. The van der Waals surface area contributed by atoms with E-state index in [1.807, 2.05) is 13.8 Å². The van der Waals surface area contributed by atoms with Crippen molar-refractivity contribution >= 4 is 0 Å². The third-order valence-electron chi connectivity index (χ3n) is 3.59. The van der Waals surface area contributed by atoms with Gasteiger partial charge in [-0.1, -0.05) is 45.4 Å². The Labute approximate surface area is 117 Å². The number of nitriles is 1. The molecule has 0 spiro atoms. The Hall–Kier alpha value is -1.30. The minimum absolute atomic E-state index is 0.112. The van der Waals surface area contributed by atoms with Gasteiger partial charge in [0.15, 0.2) is 0 Å². The number of H-pyrrole nitrogens is 1. The van der Waals surface area contributed by atoms with Crippen LogP contribution in [-0.4, -0.2) is 9.97 Å². The van der Waals surface area contributed by atoms with Crippen LogP contribution in [0.15, 0.2) is 0 Å². The molecule has 1 N–H and O–H groups in total. The third-order valence-corrected chi connectivity index (χ3v) is 3.59. The second-order valence-corrected chi connectivity index (χ2v) is 5.42. The number of hydrogen-bond acceptors (Lipinski definition) is 2. The van der Waals surface area contributed by atoms with E-state index in [1.165, 1.54) is 44.9 Å². The zero-order valence-corrected chi connectivity index (χ0v) is 12.6. The van der Waals surface area contributed by atoms with Crippen molar-refractivity contribution < 1.29 is 0 Å². The molecular formula is C16H27N3. The van der Waals surface area contributed by atoms with Gasteiger partial charge in [0.1, 0.15) is 5.82 Å². The number of imidazole rings is 1. The highest BCUT2D eigenvalue weighted by molar-refractivity contribution is 5.22. The van der Waals surface area contributed by atoms with E-state index in [0.717, 1.165) is 23.6 Å². The molecule has 106 valence electrons. The highest BCUT2D eigenvalue weighted by atomic mass is 14.9. The maximum atomic E-state index is 8.93. The van der Waals surface area contributed by atoms with E-state index in [2.05, 4.69) is 23.0 Å². The van der Waals surface area contributed by atoms with Crippen LogP contribution >= 0.6 is 0 Å². The van der Waals surface area contributed by atoms with Crippen molar-refractivity contribution in [2.75, 3.05) is 0 Å². The lowest BCUT2D eigenvalue weighted by molar-refractivity contribution is 0.585. The lowest BCUT2D eigenvalue weighted by Gasteiger charge is -2.00. The first-order chi connectivity index (χ1) is 9.19. The first-order valence-electron chi connectivity index (χ1n) is 7.64. The number of unbranched alkanes of at least 4 members (excludes halogenated alkanes) is 6. The van der Waals surface area contributed by atoms with E-state index in [-0.39, 0.29) is 5.92 Å². The molecule has 0 amide bonds. The summed E-state index contributed by atoms with van der Waals surface area (Å²) in [5, 5.41) is 8.93. The van der Waals surface area contributed by atoms with Crippen molar-refractivity contribution in [1.29, 1.82) is 5.26 Å². The highest BCUT2D eigenvalue weighted by Gasteiger charge is 2.12. The normalized spacial score (nSPS) is 12.3. The third kappa shape index (κ3) is 5.46. The Balaban J connectivity index is 2.25. The van der Waals surface area contributed by atoms with Crippen LogP contribution in [0.2, 0.25) is 0 Å². The zero-order chi connectivity index (χ0) is 14.1. The fourth-order valence-corrected chi connectivity index (χ4v) is 2.39. The van der Waals surface area contributed by atoms with E-state index in [4.69, 9.17) is 5.26 Å². The lowest BCUT2D eigenvalue weighted by Crippen LogP contribution is -1.93. The largest absolute Gasteiger partial charge is 0.346 e. The predicted molar refractivity (Wildman–Crippen MR) is 79.0 cm³/mol. The minimum atomic E-state index is -0.112. The van der Waals surface area contributed by atoms with Crippen LogP contribution in [0.25, 0.3) is 0 Å². The molecule has 3 nitrogen and oxygen atoms in total. The van der Waals surface area contributed by atoms with Crippen molar-refractivity contribution in [1.82, 2.24) is 9.97 Å². The van der Waals surface area contributed by atoms with Gasteiger partial charge in [-0.2, -0.15) is 5.26 Å². The van der Waals surface area contributed by atoms with Gasteiger partial charge in [0, 0.05) is 12.1 Å². The number of nitrogens with one attached hydrogen (secondary N) is 1. The van der Waals surface area contributed by atoms with Crippen LogP contribution in [0.4, 0.5) is 0 Å². The van der Waals surface area contributed by atoms with Crippen LogP contribution < -0.4 is 0 Å². The van der Waals surface area contributed by atoms with Gasteiger partial charge in [0.2, 0.25) is 0 Å². The Kier molecular flexibility index (Phi) is 7.25. The Morgan fingerprint density at radius 2 is 1.79 bits per heavy atom. The van der Waals surface area contributed by atoms with Gasteiger partial charge >= 0.3 is 0 Å². The van der Waals surface area contributed by atoms with Gasteiger partial charge < -0.3 is 4.98 Å². The maximum absolute atomic E-state index is 8.93. The molecule has 0 bridgehead atoms. The van der Waals surface area contributed by atoms with Gasteiger partial charge in [0.25, 0.3) is 0 Å². The van der Waals surface area contributed by atoms with E-state index in [0.29, 0.717) is 0 Å². The molecule has 0 fully saturated rings. The summed E-state index contributed by atoms with van der Waals surface area (Å²) >= 11 is 0. The molecule has 1 aromatic rings. The van der Waals surface area contributed by atoms with Crippen molar-refractivity contribution in [3.63, 3.8) is 0 Å².